The normalized spacial score (nSPS) is 23.8. The minimum atomic E-state index is -1.35. The van der Waals surface area contributed by atoms with Crippen LogP contribution in [0.3, 0.4) is 0 Å². The summed E-state index contributed by atoms with van der Waals surface area (Å²) in [6.07, 6.45) is -0.0895. The summed E-state index contributed by atoms with van der Waals surface area (Å²) < 4.78 is 1.52. The molecule has 0 aliphatic carbocycles. The van der Waals surface area contributed by atoms with Crippen LogP contribution in [0.15, 0.2) is 18.2 Å². The summed E-state index contributed by atoms with van der Waals surface area (Å²) in [5.74, 6) is -0.755. The average Bonchev–Trinajstić information content (AvgIpc) is 2.87. The van der Waals surface area contributed by atoms with Gasteiger partial charge in [0, 0.05) is 28.7 Å². The van der Waals surface area contributed by atoms with Crippen LogP contribution < -0.4 is 5.32 Å². The van der Waals surface area contributed by atoms with Gasteiger partial charge in [-0.05, 0) is 25.1 Å². The molecule has 1 atom stereocenters. The first-order valence-electron chi connectivity index (χ1n) is 6.81. The number of rotatable bonds is 0. The van der Waals surface area contributed by atoms with Gasteiger partial charge in [0.25, 0.3) is 5.91 Å². The number of aryl methyl sites for hydroxylation is 1. The fourth-order valence-electron chi connectivity index (χ4n) is 3.47. The summed E-state index contributed by atoms with van der Waals surface area (Å²) in [6.45, 7) is 1.81. The minimum absolute atomic E-state index is 0.0895. The van der Waals surface area contributed by atoms with Crippen LogP contribution in [-0.2, 0) is 15.1 Å². The van der Waals surface area contributed by atoms with E-state index in [2.05, 4.69) is 5.32 Å². The van der Waals surface area contributed by atoms with Crippen molar-refractivity contribution in [2.24, 2.45) is 0 Å². The van der Waals surface area contributed by atoms with Gasteiger partial charge in [0.05, 0.1) is 11.9 Å². The van der Waals surface area contributed by atoms with Crippen LogP contribution in [0.5, 0.6) is 0 Å². The number of carbonyl (C=O) groups excluding carboxylic acids is 3. The van der Waals surface area contributed by atoms with Crippen molar-refractivity contribution in [2.75, 3.05) is 7.05 Å². The number of likely N-dealkylation sites (N-methyl/N-ethyl adjacent to an activating group) is 1. The molecule has 7 heteroatoms. The highest BCUT2D eigenvalue weighted by Crippen LogP contribution is 2.42. The summed E-state index contributed by atoms with van der Waals surface area (Å²) in [6, 6.07) is 4.85. The van der Waals surface area contributed by atoms with Crippen molar-refractivity contribution in [3.63, 3.8) is 0 Å². The number of aromatic nitrogens is 1. The lowest BCUT2D eigenvalue weighted by Crippen LogP contribution is -2.55. The molecule has 1 fully saturated rings. The molecule has 1 aromatic carbocycles. The summed E-state index contributed by atoms with van der Waals surface area (Å²) in [5.41, 5.74) is 0.607. The van der Waals surface area contributed by atoms with E-state index in [1.165, 1.54) is 11.6 Å². The van der Waals surface area contributed by atoms with Gasteiger partial charge in [-0.3, -0.25) is 19.1 Å². The van der Waals surface area contributed by atoms with Crippen LogP contribution >= 0.6 is 11.6 Å². The number of imide groups is 1. The Morgan fingerprint density at radius 1 is 1.23 bits per heavy atom. The molecule has 1 unspecified atom stereocenters. The second-order valence-corrected chi connectivity index (χ2v) is 6.22. The van der Waals surface area contributed by atoms with Gasteiger partial charge < -0.3 is 5.32 Å². The van der Waals surface area contributed by atoms with Gasteiger partial charge in [0.1, 0.15) is 0 Å². The maximum absolute atomic E-state index is 12.6. The second kappa shape index (κ2) is 3.89. The standard InChI is InChI=1S/C15H12ClN3O3/c1-7-3-8-4-9(16)5-10-12(8)19(7)14(22)17-15(10)6-11(20)18(2)13(15)21/h3-5H,6H2,1-2H3,(H,17,22). The van der Waals surface area contributed by atoms with Gasteiger partial charge in [-0.15, -0.1) is 0 Å². The molecule has 6 nitrogen and oxygen atoms in total. The summed E-state index contributed by atoms with van der Waals surface area (Å²) in [7, 11) is 1.42. The number of hydrogen-bond acceptors (Lipinski definition) is 3. The van der Waals surface area contributed by atoms with Crippen LogP contribution in [0.25, 0.3) is 10.9 Å². The van der Waals surface area contributed by atoms with E-state index in [-0.39, 0.29) is 12.3 Å². The number of hydrogen-bond donors (Lipinski definition) is 1. The maximum Gasteiger partial charge on any atom is 0.327 e. The third-order valence-electron chi connectivity index (χ3n) is 4.49. The number of nitrogens with one attached hydrogen (secondary N) is 1. The SMILES string of the molecule is Cc1cc2cc(Cl)cc3c2n1C(=O)NC31CC(=O)N(C)C1=O. The van der Waals surface area contributed by atoms with Crippen molar-refractivity contribution in [1.82, 2.24) is 14.8 Å². The highest BCUT2D eigenvalue weighted by Gasteiger charge is 2.55. The Morgan fingerprint density at radius 2 is 1.95 bits per heavy atom. The molecule has 3 heterocycles. The van der Waals surface area contributed by atoms with E-state index in [1.54, 1.807) is 12.1 Å². The Bertz CT molecular complexity index is 901. The quantitative estimate of drug-likeness (QED) is 0.753. The van der Waals surface area contributed by atoms with Crippen molar-refractivity contribution in [3.05, 3.63) is 34.5 Å². The molecule has 0 bridgehead atoms. The Morgan fingerprint density at radius 3 is 2.59 bits per heavy atom. The van der Waals surface area contributed by atoms with Crippen LogP contribution in [0.2, 0.25) is 5.02 Å². The average molecular weight is 318 g/mol. The number of likely N-dealkylation sites (tertiary alicyclic amines) is 1. The van der Waals surface area contributed by atoms with Crippen molar-refractivity contribution in [3.8, 4) is 0 Å². The van der Waals surface area contributed by atoms with Crippen LogP contribution in [-0.4, -0.2) is 34.4 Å². The second-order valence-electron chi connectivity index (χ2n) is 5.78. The largest absolute Gasteiger partial charge is 0.327 e. The van der Waals surface area contributed by atoms with Crippen molar-refractivity contribution in [1.29, 1.82) is 0 Å². The molecule has 2 aromatic rings. The Labute approximate surface area is 130 Å². The number of benzene rings is 1. The third kappa shape index (κ3) is 1.38. The van der Waals surface area contributed by atoms with Gasteiger partial charge >= 0.3 is 6.03 Å². The molecule has 1 saturated heterocycles. The fraction of sp³-hybridized carbons (Fsp3) is 0.267. The molecule has 1 N–H and O–H groups in total. The Kier molecular flexibility index (Phi) is 2.36. The van der Waals surface area contributed by atoms with Gasteiger partial charge in [-0.1, -0.05) is 11.6 Å². The first-order valence-corrected chi connectivity index (χ1v) is 7.18. The van der Waals surface area contributed by atoms with Gasteiger partial charge in [0.15, 0.2) is 5.54 Å². The molecule has 1 spiro atoms. The van der Waals surface area contributed by atoms with Crippen LogP contribution in [0.1, 0.15) is 17.7 Å². The number of fused-ring (bicyclic) bond motifs is 1. The lowest BCUT2D eigenvalue weighted by Gasteiger charge is -2.33. The first-order chi connectivity index (χ1) is 10.3. The molecule has 2 aliphatic heterocycles. The van der Waals surface area contributed by atoms with E-state index < -0.39 is 17.5 Å². The fourth-order valence-corrected chi connectivity index (χ4v) is 3.69. The summed E-state index contributed by atoms with van der Waals surface area (Å²) in [4.78, 5) is 38.2. The molecular formula is C15H12ClN3O3. The highest BCUT2D eigenvalue weighted by atomic mass is 35.5. The van der Waals surface area contributed by atoms with E-state index in [4.69, 9.17) is 11.6 Å². The molecule has 112 valence electrons. The zero-order valence-electron chi connectivity index (χ0n) is 11.9. The van der Waals surface area contributed by atoms with Gasteiger partial charge in [-0.2, -0.15) is 0 Å². The topological polar surface area (TPSA) is 71.4 Å². The predicted octanol–water partition coefficient (Wildman–Crippen LogP) is 1.76. The van der Waals surface area contributed by atoms with Crippen molar-refractivity contribution < 1.29 is 14.4 Å². The number of amides is 3. The lowest BCUT2D eigenvalue weighted by atomic mass is 9.85. The molecule has 2 aliphatic rings. The number of nitrogens with zero attached hydrogens (tertiary/aromatic N) is 2. The van der Waals surface area contributed by atoms with Crippen molar-refractivity contribution >= 4 is 40.3 Å². The molecule has 4 rings (SSSR count). The molecule has 22 heavy (non-hydrogen) atoms. The van der Waals surface area contributed by atoms with Crippen LogP contribution in [0.4, 0.5) is 4.79 Å². The molecule has 1 aromatic heterocycles. The molecule has 0 radical (unpaired) electrons. The smallest absolute Gasteiger partial charge is 0.318 e. The van der Waals surface area contributed by atoms with Crippen molar-refractivity contribution in [2.45, 2.75) is 18.9 Å². The maximum atomic E-state index is 12.6. The Hall–Kier alpha value is -2.34. The van der Waals surface area contributed by atoms with Gasteiger partial charge in [0.2, 0.25) is 5.91 Å². The number of halogens is 1. The molecule has 0 saturated carbocycles. The minimum Gasteiger partial charge on any atom is -0.318 e. The van der Waals surface area contributed by atoms with E-state index in [1.807, 2.05) is 13.0 Å². The molecule has 3 amide bonds. The van der Waals surface area contributed by atoms with Gasteiger partial charge in [-0.25, -0.2) is 4.79 Å². The Balaban J connectivity index is 2.14. The summed E-state index contributed by atoms with van der Waals surface area (Å²) >= 11 is 6.18. The molecular weight excluding hydrogens is 306 g/mol. The predicted molar refractivity (Wildman–Crippen MR) is 79.7 cm³/mol. The monoisotopic (exact) mass is 317 g/mol. The summed E-state index contributed by atoms with van der Waals surface area (Å²) in [5, 5.41) is 3.97. The zero-order valence-corrected chi connectivity index (χ0v) is 12.7. The first kappa shape index (κ1) is 13.3. The van der Waals surface area contributed by atoms with E-state index >= 15 is 0 Å². The third-order valence-corrected chi connectivity index (χ3v) is 4.71. The van der Waals surface area contributed by atoms with Crippen LogP contribution in [0, 0.1) is 6.92 Å². The highest BCUT2D eigenvalue weighted by molar-refractivity contribution is 6.31. The van der Waals surface area contributed by atoms with E-state index in [9.17, 15) is 14.4 Å². The lowest BCUT2D eigenvalue weighted by molar-refractivity contribution is -0.138. The zero-order chi connectivity index (χ0) is 15.8. The van der Waals surface area contributed by atoms with E-state index in [0.717, 1.165) is 16.0 Å². The number of carbonyl (C=O) groups is 3. The van der Waals surface area contributed by atoms with E-state index in [0.29, 0.717) is 16.1 Å².